The molecule has 0 spiro atoms. The van der Waals surface area contributed by atoms with E-state index in [1.54, 1.807) is 0 Å². The van der Waals surface area contributed by atoms with Gasteiger partial charge in [-0.3, -0.25) is 0 Å². The van der Waals surface area contributed by atoms with E-state index in [4.69, 9.17) is 9.84 Å². The lowest BCUT2D eigenvalue weighted by atomic mass is 10.2. The molecule has 0 atom stereocenters. The summed E-state index contributed by atoms with van der Waals surface area (Å²) in [5, 5.41) is 11.8. The maximum absolute atomic E-state index is 14.0. The molecule has 0 bridgehead atoms. The van der Waals surface area contributed by atoms with Gasteiger partial charge in [0.05, 0.1) is 15.7 Å². The van der Waals surface area contributed by atoms with Gasteiger partial charge in [0.25, 0.3) is 0 Å². The van der Waals surface area contributed by atoms with Gasteiger partial charge in [-0.2, -0.15) is 0 Å². The fraction of sp³-hybridized carbons (Fsp3) is 0.133. The van der Waals surface area contributed by atoms with Gasteiger partial charge in [-0.05, 0) is 40.2 Å². The second-order valence-corrected chi connectivity index (χ2v) is 4.98. The summed E-state index contributed by atoms with van der Waals surface area (Å²) >= 11 is 2.95. The molecule has 0 unspecified atom stereocenters. The predicted octanol–water partition coefficient (Wildman–Crippen LogP) is 3.78. The third kappa shape index (κ3) is 3.95. The number of para-hydroxylation sites is 1. The van der Waals surface area contributed by atoms with Crippen molar-refractivity contribution in [1.29, 1.82) is 0 Å². The van der Waals surface area contributed by atoms with Crippen molar-refractivity contribution in [2.24, 2.45) is 0 Å². The van der Waals surface area contributed by atoms with Gasteiger partial charge in [0, 0.05) is 6.54 Å². The second-order valence-electron chi connectivity index (χ2n) is 4.18. The number of halogens is 2. The number of anilines is 1. The first-order valence-corrected chi connectivity index (χ1v) is 7.02. The maximum atomic E-state index is 14.0. The van der Waals surface area contributed by atoms with E-state index in [2.05, 4.69) is 21.2 Å². The molecular weight excluding hydrogens is 341 g/mol. The fourth-order valence-corrected chi connectivity index (χ4v) is 2.24. The van der Waals surface area contributed by atoms with Gasteiger partial charge >= 0.3 is 5.97 Å². The van der Waals surface area contributed by atoms with Crippen molar-refractivity contribution in [3.8, 4) is 5.75 Å². The molecule has 0 amide bonds. The van der Waals surface area contributed by atoms with E-state index in [-0.39, 0.29) is 15.7 Å². The molecule has 0 fully saturated rings. The zero-order chi connectivity index (χ0) is 15.2. The van der Waals surface area contributed by atoms with Crippen LogP contribution in [-0.4, -0.2) is 24.2 Å². The summed E-state index contributed by atoms with van der Waals surface area (Å²) in [5.74, 6) is -1.07. The normalized spacial score (nSPS) is 10.2. The minimum Gasteiger partial charge on any atom is -0.492 e. The third-order valence-corrected chi connectivity index (χ3v) is 3.52. The van der Waals surface area contributed by atoms with Crippen molar-refractivity contribution in [2.45, 2.75) is 0 Å². The quantitative estimate of drug-likeness (QED) is 0.776. The Bertz CT molecular complexity index is 634. The van der Waals surface area contributed by atoms with Gasteiger partial charge < -0.3 is 15.2 Å². The lowest BCUT2D eigenvalue weighted by molar-refractivity contribution is 0.0695. The molecule has 0 aliphatic heterocycles. The Kier molecular flexibility index (Phi) is 5.16. The van der Waals surface area contributed by atoms with E-state index >= 15 is 0 Å². The monoisotopic (exact) mass is 353 g/mol. The minimum atomic E-state index is -1.18. The van der Waals surface area contributed by atoms with Crippen LogP contribution in [0, 0.1) is 5.82 Å². The average molecular weight is 354 g/mol. The first-order chi connectivity index (χ1) is 10.1. The molecular formula is C15H13BrFNO3. The molecule has 0 saturated heterocycles. The van der Waals surface area contributed by atoms with Crippen molar-refractivity contribution in [3.63, 3.8) is 0 Å². The largest absolute Gasteiger partial charge is 0.492 e. The van der Waals surface area contributed by atoms with Crippen molar-refractivity contribution >= 4 is 27.6 Å². The van der Waals surface area contributed by atoms with Crippen LogP contribution in [0.25, 0.3) is 0 Å². The highest BCUT2D eigenvalue weighted by Gasteiger charge is 2.15. The first kappa shape index (κ1) is 15.3. The average Bonchev–Trinajstić information content (AvgIpc) is 2.48. The molecule has 4 nitrogen and oxygen atoms in total. The number of benzene rings is 2. The molecule has 2 aromatic rings. The topological polar surface area (TPSA) is 58.6 Å². The molecule has 0 heterocycles. The SMILES string of the molecule is O=C(O)c1ccc(NCCOc2ccccc2)c(F)c1Br. The van der Waals surface area contributed by atoms with E-state index < -0.39 is 11.8 Å². The van der Waals surface area contributed by atoms with Crippen LogP contribution in [0.5, 0.6) is 5.75 Å². The summed E-state index contributed by atoms with van der Waals surface area (Å²) in [7, 11) is 0. The number of carboxylic acid groups (broad SMARTS) is 1. The molecule has 0 aliphatic rings. The predicted molar refractivity (Wildman–Crippen MR) is 81.5 cm³/mol. The van der Waals surface area contributed by atoms with E-state index in [9.17, 15) is 9.18 Å². The number of carbonyl (C=O) groups is 1. The van der Waals surface area contributed by atoms with Crippen molar-refractivity contribution < 1.29 is 19.0 Å². The highest BCUT2D eigenvalue weighted by molar-refractivity contribution is 9.10. The molecule has 110 valence electrons. The Morgan fingerprint density at radius 1 is 1.24 bits per heavy atom. The van der Waals surface area contributed by atoms with Crippen LogP contribution >= 0.6 is 15.9 Å². The van der Waals surface area contributed by atoms with Crippen LogP contribution in [0.15, 0.2) is 46.9 Å². The molecule has 0 aromatic heterocycles. The van der Waals surface area contributed by atoms with Crippen LogP contribution in [0.2, 0.25) is 0 Å². The van der Waals surface area contributed by atoms with Gasteiger partial charge in [0.1, 0.15) is 12.4 Å². The molecule has 0 radical (unpaired) electrons. The van der Waals surface area contributed by atoms with Crippen molar-refractivity contribution in [3.05, 3.63) is 58.3 Å². The van der Waals surface area contributed by atoms with Crippen LogP contribution in [0.3, 0.4) is 0 Å². The van der Waals surface area contributed by atoms with Gasteiger partial charge in [-0.25, -0.2) is 9.18 Å². The van der Waals surface area contributed by atoms with E-state index in [0.29, 0.717) is 13.2 Å². The van der Waals surface area contributed by atoms with Crippen LogP contribution < -0.4 is 10.1 Å². The zero-order valence-electron chi connectivity index (χ0n) is 11.0. The van der Waals surface area contributed by atoms with Gasteiger partial charge in [-0.1, -0.05) is 18.2 Å². The maximum Gasteiger partial charge on any atom is 0.336 e. The van der Waals surface area contributed by atoms with Crippen LogP contribution in [0.1, 0.15) is 10.4 Å². The zero-order valence-corrected chi connectivity index (χ0v) is 12.6. The van der Waals surface area contributed by atoms with Gasteiger partial charge in [0.15, 0.2) is 5.82 Å². The summed E-state index contributed by atoms with van der Waals surface area (Å²) in [5.41, 5.74) is 0.113. The number of hydrogen-bond acceptors (Lipinski definition) is 3. The molecule has 6 heteroatoms. The summed E-state index contributed by atoms with van der Waals surface area (Å²) in [6.07, 6.45) is 0. The molecule has 0 aliphatic carbocycles. The first-order valence-electron chi connectivity index (χ1n) is 6.22. The molecule has 2 rings (SSSR count). The number of hydrogen-bond donors (Lipinski definition) is 2. The van der Waals surface area contributed by atoms with Crippen molar-refractivity contribution in [2.75, 3.05) is 18.5 Å². The Balaban J connectivity index is 1.92. The number of rotatable bonds is 6. The van der Waals surface area contributed by atoms with Gasteiger partial charge in [0.2, 0.25) is 0 Å². The molecule has 21 heavy (non-hydrogen) atoms. The Labute approximate surface area is 129 Å². The standard InChI is InChI=1S/C15H13BrFNO3/c16-13-11(15(19)20)6-7-12(14(13)17)18-8-9-21-10-4-2-1-3-5-10/h1-7,18H,8-9H2,(H,19,20). The van der Waals surface area contributed by atoms with Crippen LogP contribution in [-0.2, 0) is 0 Å². The van der Waals surface area contributed by atoms with Crippen molar-refractivity contribution in [1.82, 2.24) is 0 Å². The summed E-state index contributed by atoms with van der Waals surface area (Å²) in [4.78, 5) is 10.9. The lowest BCUT2D eigenvalue weighted by Gasteiger charge is -2.11. The summed E-state index contributed by atoms with van der Waals surface area (Å²) in [6, 6.07) is 12.0. The summed E-state index contributed by atoms with van der Waals surface area (Å²) in [6.45, 7) is 0.756. The minimum absolute atomic E-state index is 0.0658. The highest BCUT2D eigenvalue weighted by atomic mass is 79.9. The molecule has 2 aromatic carbocycles. The van der Waals surface area contributed by atoms with E-state index in [1.165, 1.54) is 12.1 Å². The molecule has 0 saturated carbocycles. The number of nitrogens with one attached hydrogen (secondary N) is 1. The van der Waals surface area contributed by atoms with Gasteiger partial charge in [-0.15, -0.1) is 0 Å². The third-order valence-electron chi connectivity index (χ3n) is 2.74. The Morgan fingerprint density at radius 3 is 2.62 bits per heavy atom. The lowest BCUT2D eigenvalue weighted by Crippen LogP contribution is -2.13. The molecule has 2 N–H and O–H groups in total. The number of aromatic carboxylic acids is 1. The van der Waals surface area contributed by atoms with E-state index in [1.807, 2.05) is 30.3 Å². The highest BCUT2D eigenvalue weighted by Crippen LogP contribution is 2.27. The van der Waals surface area contributed by atoms with Crippen LogP contribution in [0.4, 0.5) is 10.1 Å². The smallest absolute Gasteiger partial charge is 0.336 e. The number of ether oxygens (including phenoxy) is 1. The Morgan fingerprint density at radius 2 is 1.95 bits per heavy atom. The van der Waals surface area contributed by atoms with E-state index in [0.717, 1.165) is 5.75 Å². The fourth-order valence-electron chi connectivity index (χ4n) is 1.72. The number of carboxylic acids is 1. The summed E-state index contributed by atoms with van der Waals surface area (Å²) < 4.78 is 19.4. The second kappa shape index (κ2) is 7.08. The Hall–Kier alpha value is -2.08.